The number of likely N-dealkylation sites (N-methyl/N-ethyl adjacent to an activating group) is 1. The molecule has 10 nitrogen and oxygen atoms in total. The highest BCUT2D eigenvalue weighted by atomic mass is 16.5. The van der Waals surface area contributed by atoms with Gasteiger partial charge in [0, 0.05) is 38.8 Å². The van der Waals surface area contributed by atoms with Crippen LogP contribution in [0.25, 0.3) is 0 Å². The molecule has 0 bridgehead atoms. The first-order valence-corrected chi connectivity index (χ1v) is 12.3. The number of hydrogen-bond donors (Lipinski definition) is 2. The van der Waals surface area contributed by atoms with Crippen LogP contribution < -0.4 is 21.9 Å². The normalized spacial score (nSPS) is 24.3. The molecule has 0 spiro atoms. The van der Waals surface area contributed by atoms with Crippen LogP contribution in [0.2, 0.25) is 0 Å². The van der Waals surface area contributed by atoms with Crippen LogP contribution in [0.15, 0.2) is 9.59 Å². The van der Waals surface area contributed by atoms with Crippen LogP contribution in [-0.2, 0) is 16.1 Å². The lowest BCUT2D eigenvalue weighted by Gasteiger charge is -2.38. The van der Waals surface area contributed by atoms with Gasteiger partial charge in [0.15, 0.2) is 5.69 Å². The third kappa shape index (κ3) is 6.04. The third-order valence-electron chi connectivity index (χ3n) is 6.64. The molecule has 0 radical (unpaired) electrons. The Morgan fingerprint density at radius 2 is 1.91 bits per heavy atom. The Hall–Kier alpha value is -2.17. The molecule has 33 heavy (non-hydrogen) atoms. The molecule has 2 aliphatic rings. The largest absolute Gasteiger partial charge is 0.383 e. The SMILES string of the molecule is CCCCn1c(N)c(N(CC)C(=O)CN2CCCC2CN2CC(C)OC(C)C2)c(=O)[nH]c1=O. The van der Waals surface area contributed by atoms with Crippen molar-refractivity contribution in [3.8, 4) is 0 Å². The monoisotopic (exact) mass is 464 g/mol. The van der Waals surface area contributed by atoms with Crippen LogP contribution >= 0.6 is 0 Å². The summed E-state index contributed by atoms with van der Waals surface area (Å²) in [6.07, 6.45) is 4.14. The summed E-state index contributed by atoms with van der Waals surface area (Å²) in [6.45, 7) is 12.5. The van der Waals surface area contributed by atoms with E-state index in [1.54, 1.807) is 0 Å². The molecule has 2 fully saturated rings. The predicted octanol–water partition coefficient (Wildman–Crippen LogP) is 0.845. The van der Waals surface area contributed by atoms with E-state index in [2.05, 4.69) is 28.6 Å². The van der Waals surface area contributed by atoms with Crippen LogP contribution in [0, 0.1) is 0 Å². The number of aromatic nitrogens is 2. The fourth-order valence-corrected chi connectivity index (χ4v) is 5.14. The van der Waals surface area contributed by atoms with Crippen molar-refractivity contribution >= 4 is 17.4 Å². The van der Waals surface area contributed by atoms with Gasteiger partial charge in [-0.15, -0.1) is 0 Å². The van der Waals surface area contributed by atoms with Crippen molar-refractivity contribution in [2.75, 3.05) is 49.9 Å². The fourth-order valence-electron chi connectivity index (χ4n) is 5.14. The Labute approximate surface area is 195 Å². The Balaban J connectivity index is 1.74. The van der Waals surface area contributed by atoms with Gasteiger partial charge in [0.25, 0.3) is 5.56 Å². The first kappa shape index (κ1) is 25.5. The highest BCUT2D eigenvalue weighted by Crippen LogP contribution is 2.22. The van der Waals surface area contributed by atoms with E-state index in [9.17, 15) is 14.4 Å². The number of ether oxygens (including phenoxy) is 1. The summed E-state index contributed by atoms with van der Waals surface area (Å²) in [4.78, 5) is 46.6. The average Bonchev–Trinajstić information content (AvgIpc) is 3.16. The van der Waals surface area contributed by atoms with Crippen LogP contribution in [0.3, 0.4) is 0 Å². The highest BCUT2D eigenvalue weighted by molar-refractivity contribution is 5.96. The smallest absolute Gasteiger partial charge is 0.330 e. The van der Waals surface area contributed by atoms with E-state index in [-0.39, 0.29) is 36.2 Å². The van der Waals surface area contributed by atoms with Gasteiger partial charge in [0.2, 0.25) is 5.91 Å². The number of H-pyrrole nitrogens is 1. The number of morpholine rings is 1. The summed E-state index contributed by atoms with van der Waals surface area (Å²) in [5.74, 6) is -0.118. The van der Waals surface area contributed by atoms with Gasteiger partial charge in [-0.2, -0.15) is 0 Å². The van der Waals surface area contributed by atoms with Crippen molar-refractivity contribution in [2.24, 2.45) is 0 Å². The number of amides is 1. The second kappa shape index (κ2) is 11.3. The summed E-state index contributed by atoms with van der Waals surface area (Å²) in [6, 6.07) is 0.291. The Kier molecular flexibility index (Phi) is 8.72. The van der Waals surface area contributed by atoms with E-state index in [0.717, 1.165) is 51.9 Å². The number of nitrogen functional groups attached to an aromatic ring is 1. The number of carbonyl (C=O) groups is 1. The molecule has 3 N–H and O–H groups in total. The second-order valence-electron chi connectivity index (χ2n) is 9.38. The van der Waals surface area contributed by atoms with Gasteiger partial charge < -0.3 is 15.4 Å². The Morgan fingerprint density at radius 3 is 2.55 bits per heavy atom. The number of nitrogens with two attached hydrogens (primary N) is 1. The number of hydrogen-bond acceptors (Lipinski definition) is 7. The molecular formula is C23H40N6O4. The maximum Gasteiger partial charge on any atom is 0.330 e. The average molecular weight is 465 g/mol. The van der Waals surface area contributed by atoms with Gasteiger partial charge in [0.05, 0.1) is 18.8 Å². The fraction of sp³-hybridized carbons (Fsp3) is 0.783. The molecule has 10 heteroatoms. The molecule has 186 valence electrons. The summed E-state index contributed by atoms with van der Waals surface area (Å²) >= 11 is 0. The minimum Gasteiger partial charge on any atom is -0.383 e. The number of anilines is 2. The van der Waals surface area contributed by atoms with E-state index in [0.29, 0.717) is 19.1 Å². The molecule has 2 aliphatic heterocycles. The molecule has 0 aliphatic carbocycles. The quantitative estimate of drug-likeness (QED) is 0.556. The van der Waals surface area contributed by atoms with E-state index < -0.39 is 11.2 Å². The van der Waals surface area contributed by atoms with Crippen molar-refractivity contribution in [1.29, 1.82) is 0 Å². The van der Waals surface area contributed by atoms with Gasteiger partial charge >= 0.3 is 5.69 Å². The molecule has 1 amide bonds. The zero-order valence-corrected chi connectivity index (χ0v) is 20.5. The highest BCUT2D eigenvalue weighted by Gasteiger charge is 2.32. The van der Waals surface area contributed by atoms with E-state index >= 15 is 0 Å². The van der Waals surface area contributed by atoms with E-state index in [1.165, 1.54) is 9.47 Å². The molecular weight excluding hydrogens is 424 g/mol. The van der Waals surface area contributed by atoms with Crippen LogP contribution in [0.4, 0.5) is 11.5 Å². The summed E-state index contributed by atoms with van der Waals surface area (Å²) in [5, 5.41) is 0. The lowest BCUT2D eigenvalue weighted by atomic mass is 10.1. The number of rotatable bonds is 9. The topological polar surface area (TPSA) is 117 Å². The summed E-state index contributed by atoms with van der Waals surface area (Å²) in [5.41, 5.74) is 5.16. The Morgan fingerprint density at radius 1 is 1.21 bits per heavy atom. The lowest BCUT2D eigenvalue weighted by Crippen LogP contribution is -2.51. The van der Waals surface area contributed by atoms with Crippen molar-refractivity contribution in [2.45, 2.75) is 78.2 Å². The van der Waals surface area contributed by atoms with Crippen molar-refractivity contribution in [1.82, 2.24) is 19.4 Å². The number of nitrogens with one attached hydrogen (secondary N) is 1. The number of carbonyl (C=O) groups excluding carboxylic acids is 1. The zero-order valence-electron chi connectivity index (χ0n) is 20.5. The number of unbranched alkanes of at least 4 members (excludes halogenated alkanes) is 1. The maximum absolute atomic E-state index is 13.3. The molecule has 1 aromatic heterocycles. The van der Waals surface area contributed by atoms with Gasteiger partial charge in [0.1, 0.15) is 5.82 Å². The van der Waals surface area contributed by atoms with Crippen molar-refractivity contribution in [3.05, 3.63) is 20.8 Å². The molecule has 1 aromatic rings. The minimum atomic E-state index is -0.616. The van der Waals surface area contributed by atoms with Crippen LogP contribution in [0.5, 0.6) is 0 Å². The number of nitrogens with zero attached hydrogens (tertiary/aromatic N) is 4. The summed E-state index contributed by atoms with van der Waals surface area (Å²) < 4.78 is 7.20. The second-order valence-corrected chi connectivity index (χ2v) is 9.38. The molecule has 3 atom stereocenters. The molecule has 3 rings (SSSR count). The minimum absolute atomic E-state index is 0.0571. The van der Waals surface area contributed by atoms with E-state index in [4.69, 9.17) is 10.5 Å². The van der Waals surface area contributed by atoms with Crippen molar-refractivity contribution < 1.29 is 9.53 Å². The first-order valence-electron chi connectivity index (χ1n) is 12.3. The van der Waals surface area contributed by atoms with Gasteiger partial charge in [-0.05, 0) is 46.6 Å². The van der Waals surface area contributed by atoms with Gasteiger partial charge in [-0.1, -0.05) is 13.3 Å². The summed E-state index contributed by atoms with van der Waals surface area (Å²) in [7, 11) is 0. The predicted molar refractivity (Wildman–Crippen MR) is 130 cm³/mol. The third-order valence-corrected chi connectivity index (χ3v) is 6.64. The molecule has 0 aromatic carbocycles. The lowest BCUT2D eigenvalue weighted by molar-refractivity contribution is -0.120. The molecule has 0 saturated carbocycles. The molecule has 3 heterocycles. The molecule has 3 unspecified atom stereocenters. The van der Waals surface area contributed by atoms with E-state index in [1.807, 2.05) is 13.8 Å². The van der Waals surface area contributed by atoms with Crippen LogP contribution in [-0.4, -0.2) is 82.8 Å². The van der Waals surface area contributed by atoms with Gasteiger partial charge in [-0.3, -0.25) is 28.9 Å². The number of aromatic amines is 1. The Bertz CT molecular complexity index is 919. The van der Waals surface area contributed by atoms with Crippen LogP contribution in [0.1, 0.15) is 53.4 Å². The standard InChI is InChI=1S/C23H40N6O4/c1-5-7-11-29-21(24)20(22(31)25-23(29)32)28(6-2)19(30)15-27-10-8-9-18(27)14-26-12-16(3)33-17(4)13-26/h16-18H,5-15,24H2,1-4H3,(H,25,31,32). The first-order chi connectivity index (χ1) is 15.7. The zero-order chi connectivity index (χ0) is 24.1. The maximum atomic E-state index is 13.3. The number of likely N-dealkylation sites (tertiary alicyclic amines) is 1. The van der Waals surface area contributed by atoms with Crippen molar-refractivity contribution in [3.63, 3.8) is 0 Å². The van der Waals surface area contributed by atoms with Gasteiger partial charge in [-0.25, -0.2) is 4.79 Å². The molecule has 2 saturated heterocycles.